The topological polar surface area (TPSA) is 88.3 Å². The van der Waals surface area contributed by atoms with Gasteiger partial charge in [0.15, 0.2) is 17.2 Å². The summed E-state index contributed by atoms with van der Waals surface area (Å²) in [5.41, 5.74) is 3.47. The molecule has 3 N–H and O–H groups in total. The van der Waals surface area contributed by atoms with Crippen LogP contribution in [-0.4, -0.2) is 35.9 Å². The van der Waals surface area contributed by atoms with Crippen molar-refractivity contribution >= 4 is 18.3 Å². The Balaban J connectivity index is 0.00000182. The van der Waals surface area contributed by atoms with Crippen molar-refractivity contribution in [3.8, 4) is 11.5 Å². The number of hydrogen-bond acceptors (Lipinski definition) is 5. The number of H-pyrrole nitrogens is 1. The van der Waals surface area contributed by atoms with E-state index in [1.807, 2.05) is 18.2 Å². The average molecular weight is 365 g/mol. The predicted molar refractivity (Wildman–Crippen MR) is 94.5 cm³/mol. The van der Waals surface area contributed by atoms with Crippen LogP contribution < -0.4 is 20.1 Å². The molecule has 2 aliphatic heterocycles. The van der Waals surface area contributed by atoms with Gasteiger partial charge in [0.1, 0.15) is 0 Å². The lowest BCUT2D eigenvalue weighted by molar-refractivity contribution is 0.0944. The van der Waals surface area contributed by atoms with E-state index in [2.05, 4.69) is 20.8 Å². The van der Waals surface area contributed by atoms with E-state index in [9.17, 15) is 4.79 Å². The predicted octanol–water partition coefficient (Wildman–Crippen LogP) is 1.57. The molecule has 0 saturated carbocycles. The van der Waals surface area contributed by atoms with Gasteiger partial charge in [0.25, 0.3) is 5.91 Å². The summed E-state index contributed by atoms with van der Waals surface area (Å²) < 4.78 is 11.3. The maximum atomic E-state index is 12.4. The van der Waals surface area contributed by atoms with Gasteiger partial charge in [0.05, 0.1) is 13.2 Å². The number of amides is 1. The summed E-state index contributed by atoms with van der Waals surface area (Å²) in [5, 5.41) is 13.3. The summed E-state index contributed by atoms with van der Waals surface area (Å²) in [6.07, 6.45) is 1.75. The zero-order chi connectivity index (χ0) is 16.4. The van der Waals surface area contributed by atoms with Crippen LogP contribution in [0.15, 0.2) is 18.2 Å². The molecule has 0 radical (unpaired) electrons. The zero-order valence-electron chi connectivity index (χ0n) is 13.8. The van der Waals surface area contributed by atoms with Gasteiger partial charge in [0, 0.05) is 43.7 Å². The Morgan fingerprint density at radius 2 is 2.08 bits per heavy atom. The largest absolute Gasteiger partial charge is 0.490 e. The van der Waals surface area contributed by atoms with Crippen LogP contribution in [0.1, 0.15) is 33.7 Å². The lowest BCUT2D eigenvalue weighted by Crippen LogP contribution is -2.28. The van der Waals surface area contributed by atoms with Gasteiger partial charge >= 0.3 is 0 Å². The Hall–Kier alpha value is -2.25. The molecule has 1 amide bonds. The third-order valence-electron chi connectivity index (χ3n) is 4.29. The highest BCUT2D eigenvalue weighted by atomic mass is 35.5. The molecule has 25 heavy (non-hydrogen) atoms. The van der Waals surface area contributed by atoms with Crippen molar-refractivity contribution in [2.75, 3.05) is 19.8 Å². The van der Waals surface area contributed by atoms with Crippen LogP contribution in [0.5, 0.6) is 11.5 Å². The molecular formula is C17H21ClN4O3. The summed E-state index contributed by atoms with van der Waals surface area (Å²) in [5.74, 6) is 1.33. The number of benzene rings is 1. The van der Waals surface area contributed by atoms with E-state index >= 15 is 0 Å². The number of ether oxygens (including phenoxy) is 2. The average Bonchev–Trinajstić information content (AvgIpc) is 2.91. The fraction of sp³-hybridized carbons (Fsp3) is 0.412. The number of carbonyl (C=O) groups is 1. The number of halogens is 1. The number of nitrogens with zero attached hydrogens (tertiary/aromatic N) is 1. The van der Waals surface area contributed by atoms with Gasteiger partial charge < -0.3 is 20.1 Å². The molecule has 0 aliphatic carbocycles. The van der Waals surface area contributed by atoms with Crippen LogP contribution in [0, 0.1) is 0 Å². The third-order valence-corrected chi connectivity index (χ3v) is 4.29. The Bertz CT molecular complexity index is 762. The van der Waals surface area contributed by atoms with Crippen LogP contribution in [0.4, 0.5) is 0 Å². The van der Waals surface area contributed by atoms with Crippen LogP contribution in [0.2, 0.25) is 0 Å². The van der Waals surface area contributed by atoms with E-state index in [-0.39, 0.29) is 18.3 Å². The molecule has 2 aliphatic rings. The van der Waals surface area contributed by atoms with E-state index in [0.29, 0.717) is 32.0 Å². The number of carbonyl (C=O) groups excluding carboxylic acids is 1. The van der Waals surface area contributed by atoms with Crippen molar-refractivity contribution in [3.05, 3.63) is 40.7 Å². The normalized spacial score (nSPS) is 15.5. The molecule has 0 bridgehead atoms. The van der Waals surface area contributed by atoms with E-state index in [1.165, 1.54) is 0 Å². The lowest BCUT2D eigenvalue weighted by Gasteiger charge is -2.13. The highest BCUT2D eigenvalue weighted by Crippen LogP contribution is 2.30. The number of nitrogens with one attached hydrogen (secondary N) is 3. The van der Waals surface area contributed by atoms with Gasteiger partial charge in [-0.1, -0.05) is 6.07 Å². The number of hydrogen-bond donors (Lipinski definition) is 3. The number of aromatic amines is 1. The molecule has 1 aromatic carbocycles. The van der Waals surface area contributed by atoms with Gasteiger partial charge in [-0.25, -0.2) is 0 Å². The molecule has 0 atom stereocenters. The van der Waals surface area contributed by atoms with Crippen LogP contribution in [0.3, 0.4) is 0 Å². The maximum absolute atomic E-state index is 12.4. The van der Waals surface area contributed by atoms with E-state index in [4.69, 9.17) is 9.47 Å². The molecule has 1 aromatic heterocycles. The van der Waals surface area contributed by atoms with Gasteiger partial charge in [-0.2, -0.15) is 5.10 Å². The molecule has 0 fully saturated rings. The monoisotopic (exact) mass is 364 g/mol. The molecule has 0 spiro atoms. The van der Waals surface area contributed by atoms with Gasteiger partial charge in [-0.05, 0) is 17.7 Å². The minimum atomic E-state index is -0.164. The van der Waals surface area contributed by atoms with Crippen molar-refractivity contribution in [3.63, 3.8) is 0 Å². The smallest absolute Gasteiger partial charge is 0.272 e. The summed E-state index contributed by atoms with van der Waals surface area (Å²) in [6, 6.07) is 5.75. The fourth-order valence-corrected chi connectivity index (χ4v) is 3.00. The summed E-state index contributed by atoms with van der Waals surface area (Å²) in [6.45, 7) is 3.33. The van der Waals surface area contributed by atoms with Crippen LogP contribution in [0.25, 0.3) is 0 Å². The molecule has 3 heterocycles. The standard InChI is InChI=1S/C17H20N4O3.ClH/c22-17(16-12-10-18-5-4-13(12)20-21-16)19-9-11-2-3-14-15(8-11)24-7-1-6-23-14;/h2-3,8,18H,1,4-7,9-10H2,(H,19,22)(H,20,21);1H. The lowest BCUT2D eigenvalue weighted by atomic mass is 10.1. The molecule has 4 rings (SSSR count). The summed E-state index contributed by atoms with van der Waals surface area (Å²) >= 11 is 0. The second kappa shape index (κ2) is 7.76. The SMILES string of the molecule is Cl.O=C(NCc1ccc2c(c1)OCCCO2)c1n[nH]c2c1CNCC2. The Morgan fingerprint density at radius 1 is 1.24 bits per heavy atom. The van der Waals surface area contributed by atoms with E-state index in [0.717, 1.165) is 47.7 Å². The quantitative estimate of drug-likeness (QED) is 0.769. The summed E-state index contributed by atoms with van der Waals surface area (Å²) in [7, 11) is 0. The first-order valence-corrected chi connectivity index (χ1v) is 8.25. The molecule has 0 saturated heterocycles. The van der Waals surface area contributed by atoms with Crippen molar-refractivity contribution < 1.29 is 14.3 Å². The van der Waals surface area contributed by atoms with E-state index in [1.54, 1.807) is 0 Å². The van der Waals surface area contributed by atoms with Gasteiger partial charge in [-0.3, -0.25) is 9.89 Å². The Morgan fingerprint density at radius 3 is 2.96 bits per heavy atom. The Labute approximate surface area is 151 Å². The fourth-order valence-electron chi connectivity index (χ4n) is 3.00. The van der Waals surface area contributed by atoms with Crippen molar-refractivity contribution in [2.24, 2.45) is 0 Å². The molecule has 0 unspecified atom stereocenters. The number of rotatable bonds is 3. The van der Waals surface area contributed by atoms with Crippen molar-refractivity contribution in [2.45, 2.75) is 25.9 Å². The first-order valence-electron chi connectivity index (χ1n) is 8.25. The maximum Gasteiger partial charge on any atom is 0.272 e. The van der Waals surface area contributed by atoms with Crippen LogP contribution in [-0.2, 0) is 19.5 Å². The molecule has 8 heteroatoms. The van der Waals surface area contributed by atoms with Gasteiger partial charge in [-0.15, -0.1) is 12.4 Å². The second-order valence-electron chi connectivity index (χ2n) is 5.97. The molecular weight excluding hydrogens is 344 g/mol. The highest BCUT2D eigenvalue weighted by molar-refractivity contribution is 5.94. The van der Waals surface area contributed by atoms with Crippen molar-refractivity contribution in [1.29, 1.82) is 0 Å². The second-order valence-corrected chi connectivity index (χ2v) is 5.97. The Kier molecular flexibility index (Phi) is 5.45. The molecule has 2 aromatic rings. The summed E-state index contributed by atoms with van der Waals surface area (Å²) in [4.78, 5) is 12.4. The molecule has 134 valence electrons. The molecule has 7 nitrogen and oxygen atoms in total. The van der Waals surface area contributed by atoms with Crippen LogP contribution >= 0.6 is 12.4 Å². The number of aromatic nitrogens is 2. The van der Waals surface area contributed by atoms with E-state index < -0.39 is 0 Å². The number of fused-ring (bicyclic) bond motifs is 2. The first kappa shape index (κ1) is 17.6. The third kappa shape index (κ3) is 3.72. The minimum Gasteiger partial charge on any atom is -0.490 e. The highest BCUT2D eigenvalue weighted by Gasteiger charge is 2.21. The minimum absolute atomic E-state index is 0. The van der Waals surface area contributed by atoms with Gasteiger partial charge in [0.2, 0.25) is 0 Å². The first-order chi connectivity index (χ1) is 11.8. The van der Waals surface area contributed by atoms with Crippen molar-refractivity contribution in [1.82, 2.24) is 20.8 Å². The zero-order valence-corrected chi connectivity index (χ0v) is 14.6.